The third kappa shape index (κ3) is 6.02. The van der Waals surface area contributed by atoms with Crippen LogP contribution < -0.4 is 10.0 Å². The van der Waals surface area contributed by atoms with Crippen molar-refractivity contribution in [2.75, 3.05) is 15.8 Å². The second-order valence-corrected chi connectivity index (χ2v) is 9.86. The minimum Gasteiger partial charge on any atom is -0.322 e. The summed E-state index contributed by atoms with van der Waals surface area (Å²) in [5.74, 6) is -0.610. The van der Waals surface area contributed by atoms with Gasteiger partial charge in [0, 0.05) is 27.1 Å². The highest BCUT2D eigenvalue weighted by Gasteiger charge is 2.13. The number of rotatable bonds is 8. The van der Waals surface area contributed by atoms with Crippen LogP contribution in [0.2, 0.25) is 0 Å². The molecule has 162 valence electrons. The molecule has 1 amide bonds. The van der Waals surface area contributed by atoms with Crippen LogP contribution in [0.15, 0.2) is 60.7 Å². The molecule has 2 N–H and O–H groups in total. The molecule has 3 aromatic rings. The van der Waals surface area contributed by atoms with Crippen LogP contribution in [0.25, 0.3) is 16.5 Å². The van der Waals surface area contributed by atoms with Crippen molar-refractivity contribution in [1.82, 2.24) is 0 Å². The van der Waals surface area contributed by atoms with Gasteiger partial charge in [-0.1, -0.05) is 31.2 Å². The van der Waals surface area contributed by atoms with E-state index in [0.29, 0.717) is 28.9 Å². The van der Waals surface area contributed by atoms with E-state index in [-0.39, 0.29) is 17.5 Å². The number of amides is 1. The van der Waals surface area contributed by atoms with E-state index >= 15 is 0 Å². The second kappa shape index (κ2) is 9.89. The Balaban J connectivity index is 1.70. The van der Waals surface area contributed by atoms with Crippen LogP contribution in [-0.4, -0.2) is 20.1 Å². The van der Waals surface area contributed by atoms with E-state index in [1.54, 1.807) is 56.3 Å². The fraction of sp³-hybridized carbons (Fsp3) is 0.174. The SMILES string of the molecule is CCCS(=O)(=O)Nc1cccc(NC(=O)C=Cc2ccc(-c3ccccc3F)s2)c1C. The lowest BCUT2D eigenvalue weighted by molar-refractivity contribution is -0.111. The van der Waals surface area contributed by atoms with Crippen molar-refractivity contribution in [3.63, 3.8) is 0 Å². The van der Waals surface area contributed by atoms with Gasteiger partial charge in [0.2, 0.25) is 15.9 Å². The molecule has 1 heterocycles. The molecule has 0 atom stereocenters. The van der Waals surface area contributed by atoms with Crippen LogP contribution in [-0.2, 0) is 14.8 Å². The van der Waals surface area contributed by atoms with Crippen molar-refractivity contribution < 1.29 is 17.6 Å². The second-order valence-electron chi connectivity index (χ2n) is 6.90. The molecule has 1 aromatic heterocycles. The summed E-state index contributed by atoms with van der Waals surface area (Å²) in [5.41, 5.74) is 2.10. The van der Waals surface area contributed by atoms with Crippen LogP contribution in [0.5, 0.6) is 0 Å². The summed E-state index contributed by atoms with van der Waals surface area (Å²) >= 11 is 1.38. The summed E-state index contributed by atoms with van der Waals surface area (Å²) in [6, 6.07) is 15.2. The maximum atomic E-state index is 13.9. The number of carbonyl (C=O) groups excluding carboxylic acids is 1. The molecule has 0 aliphatic rings. The highest BCUT2D eigenvalue weighted by Crippen LogP contribution is 2.30. The molecule has 0 saturated heterocycles. The Morgan fingerprint density at radius 1 is 1.06 bits per heavy atom. The van der Waals surface area contributed by atoms with Gasteiger partial charge in [-0.25, -0.2) is 12.8 Å². The van der Waals surface area contributed by atoms with Gasteiger partial charge in [-0.05, 0) is 55.3 Å². The van der Waals surface area contributed by atoms with E-state index in [1.807, 2.05) is 12.1 Å². The van der Waals surface area contributed by atoms with Gasteiger partial charge in [0.05, 0.1) is 11.4 Å². The Labute approximate surface area is 185 Å². The Morgan fingerprint density at radius 2 is 1.81 bits per heavy atom. The average Bonchev–Trinajstić information content (AvgIpc) is 3.18. The molecule has 31 heavy (non-hydrogen) atoms. The summed E-state index contributed by atoms with van der Waals surface area (Å²) in [7, 11) is -3.42. The molecule has 0 radical (unpaired) electrons. The van der Waals surface area contributed by atoms with Crippen molar-refractivity contribution in [2.45, 2.75) is 20.3 Å². The fourth-order valence-corrected chi connectivity index (χ4v) is 5.08. The Hall–Kier alpha value is -2.97. The first-order valence-electron chi connectivity index (χ1n) is 9.73. The Kier molecular flexibility index (Phi) is 7.25. The number of carbonyl (C=O) groups is 1. The first kappa shape index (κ1) is 22.7. The maximum absolute atomic E-state index is 13.9. The molecule has 0 aliphatic heterocycles. The normalized spacial score (nSPS) is 11.6. The molecule has 0 unspecified atom stereocenters. The highest BCUT2D eigenvalue weighted by atomic mass is 32.2. The Morgan fingerprint density at radius 3 is 2.55 bits per heavy atom. The van der Waals surface area contributed by atoms with E-state index < -0.39 is 10.0 Å². The molecule has 0 saturated carbocycles. The van der Waals surface area contributed by atoms with Gasteiger partial charge in [-0.15, -0.1) is 11.3 Å². The van der Waals surface area contributed by atoms with Crippen LogP contribution in [0, 0.1) is 12.7 Å². The maximum Gasteiger partial charge on any atom is 0.248 e. The number of benzene rings is 2. The molecule has 5 nitrogen and oxygen atoms in total. The number of sulfonamides is 1. The summed E-state index contributed by atoms with van der Waals surface area (Å²) in [5, 5.41) is 2.77. The number of nitrogens with one attached hydrogen (secondary N) is 2. The minimum atomic E-state index is -3.42. The average molecular weight is 459 g/mol. The minimum absolute atomic E-state index is 0.0292. The molecule has 8 heteroatoms. The van der Waals surface area contributed by atoms with Crippen LogP contribution in [0.3, 0.4) is 0 Å². The first-order chi connectivity index (χ1) is 14.8. The van der Waals surface area contributed by atoms with Crippen molar-refractivity contribution in [1.29, 1.82) is 0 Å². The van der Waals surface area contributed by atoms with Gasteiger partial charge in [-0.2, -0.15) is 0 Å². The quantitative estimate of drug-likeness (QED) is 0.427. The summed E-state index contributed by atoms with van der Waals surface area (Å²) < 4.78 is 40.6. The lowest BCUT2D eigenvalue weighted by atomic mass is 10.1. The van der Waals surface area contributed by atoms with Gasteiger partial charge in [-0.3, -0.25) is 9.52 Å². The number of hydrogen-bond donors (Lipinski definition) is 2. The predicted molar refractivity (Wildman–Crippen MR) is 126 cm³/mol. The van der Waals surface area contributed by atoms with Gasteiger partial charge in [0.15, 0.2) is 0 Å². The molecule has 0 aliphatic carbocycles. The van der Waals surface area contributed by atoms with Crippen LogP contribution >= 0.6 is 11.3 Å². The molecule has 0 fully saturated rings. The fourth-order valence-electron chi connectivity index (χ4n) is 2.95. The lowest BCUT2D eigenvalue weighted by Crippen LogP contribution is -2.17. The van der Waals surface area contributed by atoms with Crippen LogP contribution in [0.4, 0.5) is 15.8 Å². The largest absolute Gasteiger partial charge is 0.322 e. The third-order valence-electron chi connectivity index (χ3n) is 4.50. The highest BCUT2D eigenvalue weighted by molar-refractivity contribution is 7.92. The molecular formula is C23H23FN2O3S2. The Bertz CT molecular complexity index is 1220. The van der Waals surface area contributed by atoms with Crippen molar-refractivity contribution in [3.8, 4) is 10.4 Å². The zero-order chi connectivity index (χ0) is 22.4. The molecule has 0 bridgehead atoms. The van der Waals surface area contributed by atoms with Crippen LogP contribution in [0.1, 0.15) is 23.8 Å². The van der Waals surface area contributed by atoms with E-state index in [1.165, 1.54) is 23.5 Å². The van der Waals surface area contributed by atoms with E-state index in [2.05, 4.69) is 10.0 Å². The lowest BCUT2D eigenvalue weighted by Gasteiger charge is -2.13. The van der Waals surface area contributed by atoms with Gasteiger partial charge in [0.1, 0.15) is 5.82 Å². The first-order valence-corrected chi connectivity index (χ1v) is 12.2. The summed E-state index contributed by atoms with van der Waals surface area (Å²) in [6.07, 6.45) is 3.56. The van der Waals surface area contributed by atoms with Crippen molar-refractivity contribution in [2.24, 2.45) is 0 Å². The number of halogens is 1. The standard InChI is InChI=1S/C23H23FN2O3S2/c1-3-15-31(28,29)26-21-10-6-9-20(16(21)2)25-23(27)14-12-17-11-13-22(30-17)18-7-4-5-8-19(18)24/h4-14,26H,3,15H2,1-2H3,(H,25,27). The van der Waals surface area contributed by atoms with E-state index in [9.17, 15) is 17.6 Å². The number of thiophene rings is 1. The van der Waals surface area contributed by atoms with Gasteiger partial charge in [0.25, 0.3) is 0 Å². The monoisotopic (exact) mass is 458 g/mol. The smallest absolute Gasteiger partial charge is 0.248 e. The molecule has 0 spiro atoms. The number of hydrogen-bond acceptors (Lipinski definition) is 4. The molecule has 3 rings (SSSR count). The zero-order valence-corrected chi connectivity index (χ0v) is 18.8. The zero-order valence-electron chi connectivity index (χ0n) is 17.2. The number of anilines is 2. The molecule has 2 aromatic carbocycles. The van der Waals surface area contributed by atoms with E-state index in [0.717, 1.165) is 9.75 Å². The molecular weight excluding hydrogens is 435 g/mol. The summed E-state index contributed by atoms with van der Waals surface area (Å²) in [6.45, 7) is 3.53. The van der Waals surface area contributed by atoms with E-state index in [4.69, 9.17) is 0 Å². The van der Waals surface area contributed by atoms with Gasteiger partial charge < -0.3 is 5.32 Å². The summed E-state index contributed by atoms with van der Waals surface area (Å²) in [4.78, 5) is 14.0. The van der Waals surface area contributed by atoms with Gasteiger partial charge >= 0.3 is 0 Å². The third-order valence-corrected chi connectivity index (χ3v) is 7.06. The topological polar surface area (TPSA) is 75.3 Å². The predicted octanol–water partition coefficient (Wildman–Crippen LogP) is 5.67. The van der Waals surface area contributed by atoms with Crippen molar-refractivity contribution in [3.05, 3.63) is 76.9 Å². The van der Waals surface area contributed by atoms with Crippen molar-refractivity contribution >= 4 is 44.7 Å².